The highest BCUT2D eigenvalue weighted by molar-refractivity contribution is 7.27. The Hall–Kier alpha value is -2.80. The molecule has 1 aliphatic heterocycles. The Balaban J connectivity index is 1.74. The Morgan fingerprint density at radius 3 is 2.84 bits per heavy atom. The number of carbonyl (C=O) groups excluding carboxylic acids is 1. The Bertz CT molecular complexity index is 1100. The molecule has 2 heterocycles. The van der Waals surface area contributed by atoms with Gasteiger partial charge >= 0.3 is 0 Å². The van der Waals surface area contributed by atoms with E-state index in [0.717, 1.165) is 41.0 Å². The minimum absolute atomic E-state index is 0.113. The second-order valence-electron chi connectivity index (χ2n) is 7.73. The summed E-state index contributed by atoms with van der Waals surface area (Å²) in [5.41, 5.74) is 3.76. The molecule has 2 atom stereocenters. The van der Waals surface area contributed by atoms with Crippen LogP contribution in [-0.4, -0.2) is 60.4 Å². The number of nitrogens with zero attached hydrogens (tertiary/aromatic N) is 3. The molecule has 32 heavy (non-hydrogen) atoms. The molecule has 1 aliphatic rings. The summed E-state index contributed by atoms with van der Waals surface area (Å²) in [6.07, 6.45) is 1.75. The van der Waals surface area contributed by atoms with Gasteiger partial charge in [-0.15, -0.1) is 9.24 Å². The van der Waals surface area contributed by atoms with Crippen molar-refractivity contribution in [1.29, 1.82) is 0 Å². The van der Waals surface area contributed by atoms with E-state index in [1.54, 1.807) is 12.3 Å². The monoisotopic (exact) mass is 453 g/mol. The van der Waals surface area contributed by atoms with Gasteiger partial charge in [-0.25, -0.2) is 4.98 Å². The molecule has 1 saturated heterocycles. The smallest absolute Gasteiger partial charge is 0.251 e. The van der Waals surface area contributed by atoms with E-state index < -0.39 is 0 Å². The van der Waals surface area contributed by atoms with Crippen molar-refractivity contribution >= 4 is 43.0 Å². The van der Waals surface area contributed by atoms with Gasteiger partial charge in [0.05, 0.1) is 43.1 Å². The lowest BCUT2D eigenvalue weighted by Gasteiger charge is -2.28. The highest BCUT2D eigenvalue weighted by Crippen LogP contribution is 2.28. The van der Waals surface area contributed by atoms with Gasteiger partial charge in [0.1, 0.15) is 5.82 Å². The summed E-state index contributed by atoms with van der Waals surface area (Å²) in [5.74, 6) is 0.555. The van der Waals surface area contributed by atoms with Gasteiger partial charge in [0.2, 0.25) is 0 Å². The van der Waals surface area contributed by atoms with Crippen LogP contribution in [0.2, 0.25) is 0 Å². The molecule has 0 radical (unpaired) electrons. The number of fused-ring (bicyclic) bond motifs is 1. The highest BCUT2D eigenvalue weighted by Gasteiger charge is 2.19. The van der Waals surface area contributed by atoms with Crippen molar-refractivity contribution in [3.63, 3.8) is 0 Å². The summed E-state index contributed by atoms with van der Waals surface area (Å²) < 4.78 is 5.46. The maximum absolute atomic E-state index is 12.6. The summed E-state index contributed by atoms with van der Waals surface area (Å²) in [5, 5.41) is 16.4. The van der Waals surface area contributed by atoms with Crippen LogP contribution in [0, 0.1) is 0 Å². The standard InChI is InChI=1S/C23H28N5O3P/c1-15(26-17-3-2-4-18(32)13-17)19-11-16(23(30)24-5-8-29)12-20-22(19)27-21(14-25-20)28-6-9-31-10-7-28/h2-4,11-15,26,29H,5-10,32H2,1H3,(H,24,30). The quantitative estimate of drug-likeness (QED) is 0.470. The Morgan fingerprint density at radius 2 is 2.09 bits per heavy atom. The van der Waals surface area contributed by atoms with Crippen LogP contribution >= 0.6 is 9.24 Å². The van der Waals surface area contributed by atoms with E-state index in [4.69, 9.17) is 14.8 Å². The van der Waals surface area contributed by atoms with Crippen LogP contribution in [-0.2, 0) is 4.74 Å². The van der Waals surface area contributed by atoms with E-state index in [-0.39, 0.29) is 25.1 Å². The second kappa shape index (κ2) is 10.2. The molecule has 3 N–H and O–H groups in total. The molecule has 1 amide bonds. The number of benzene rings is 2. The van der Waals surface area contributed by atoms with E-state index in [9.17, 15) is 4.79 Å². The fourth-order valence-electron chi connectivity index (χ4n) is 3.77. The fraction of sp³-hybridized carbons (Fsp3) is 0.348. The number of rotatable bonds is 7. The van der Waals surface area contributed by atoms with E-state index in [2.05, 4.69) is 29.8 Å². The lowest BCUT2D eigenvalue weighted by molar-refractivity contribution is 0.0944. The number of hydrogen-bond acceptors (Lipinski definition) is 7. The fourth-order valence-corrected chi connectivity index (χ4v) is 4.06. The molecular formula is C23H28N5O3P. The third kappa shape index (κ3) is 5.15. The van der Waals surface area contributed by atoms with E-state index >= 15 is 0 Å². The first kappa shape index (κ1) is 22.4. The lowest BCUT2D eigenvalue weighted by Crippen LogP contribution is -2.36. The van der Waals surface area contributed by atoms with Crippen molar-refractivity contribution < 1.29 is 14.6 Å². The van der Waals surface area contributed by atoms with Crippen molar-refractivity contribution in [3.05, 3.63) is 53.7 Å². The molecule has 4 rings (SSSR count). The summed E-state index contributed by atoms with van der Waals surface area (Å²) >= 11 is 0. The number of anilines is 2. The molecule has 2 unspecified atom stereocenters. The number of morpholine rings is 1. The van der Waals surface area contributed by atoms with Gasteiger partial charge in [-0.3, -0.25) is 9.78 Å². The zero-order chi connectivity index (χ0) is 22.5. The van der Waals surface area contributed by atoms with Crippen LogP contribution in [0.15, 0.2) is 42.6 Å². The van der Waals surface area contributed by atoms with Gasteiger partial charge < -0.3 is 25.4 Å². The normalized spacial score (nSPS) is 14.9. The minimum atomic E-state index is -0.250. The maximum Gasteiger partial charge on any atom is 0.251 e. The number of nitrogens with one attached hydrogen (secondary N) is 2. The van der Waals surface area contributed by atoms with Crippen molar-refractivity contribution in [2.45, 2.75) is 13.0 Å². The predicted molar refractivity (Wildman–Crippen MR) is 130 cm³/mol. The summed E-state index contributed by atoms with van der Waals surface area (Å²) in [4.78, 5) is 24.4. The zero-order valence-corrected chi connectivity index (χ0v) is 19.2. The average Bonchev–Trinajstić information content (AvgIpc) is 2.82. The van der Waals surface area contributed by atoms with Gasteiger partial charge in [-0.05, 0) is 36.5 Å². The maximum atomic E-state index is 12.6. The first-order valence-electron chi connectivity index (χ1n) is 10.7. The predicted octanol–water partition coefficient (Wildman–Crippen LogP) is 1.86. The van der Waals surface area contributed by atoms with Crippen molar-refractivity contribution in [1.82, 2.24) is 15.3 Å². The van der Waals surface area contributed by atoms with Gasteiger partial charge in [0.15, 0.2) is 0 Å². The van der Waals surface area contributed by atoms with Gasteiger partial charge in [-0.2, -0.15) is 0 Å². The molecular weight excluding hydrogens is 425 g/mol. The lowest BCUT2D eigenvalue weighted by atomic mass is 10.0. The number of hydrogen-bond donors (Lipinski definition) is 3. The third-order valence-electron chi connectivity index (χ3n) is 5.40. The van der Waals surface area contributed by atoms with Crippen LogP contribution in [0.25, 0.3) is 11.0 Å². The summed E-state index contributed by atoms with van der Waals surface area (Å²) in [6, 6.07) is 11.5. The molecule has 1 aromatic heterocycles. The molecule has 0 saturated carbocycles. The first-order chi connectivity index (χ1) is 15.5. The molecule has 3 aromatic rings. The number of amides is 1. The number of aromatic nitrogens is 2. The van der Waals surface area contributed by atoms with Crippen LogP contribution in [0.4, 0.5) is 11.5 Å². The highest BCUT2D eigenvalue weighted by atomic mass is 31.0. The molecule has 0 aliphatic carbocycles. The molecule has 2 aromatic carbocycles. The van der Waals surface area contributed by atoms with Crippen LogP contribution in [0.5, 0.6) is 0 Å². The summed E-state index contributed by atoms with van der Waals surface area (Å²) in [6.45, 7) is 5.00. The van der Waals surface area contributed by atoms with Crippen LogP contribution in [0.1, 0.15) is 28.9 Å². The molecule has 1 fully saturated rings. The second-order valence-corrected chi connectivity index (χ2v) is 8.40. The average molecular weight is 453 g/mol. The van der Waals surface area contributed by atoms with Crippen LogP contribution < -0.4 is 20.8 Å². The van der Waals surface area contributed by atoms with Gasteiger partial charge in [0.25, 0.3) is 5.91 Å². The Kier molecular flexibility index (Phi) is 7.15. The van der Waals surface area contributed by atoms with Crippen molar-refractivity contribution in [2.24, 2.45) is 0 Å². The molecule has 168 valence electrons. The van der Waals surface area contributed by atoms with Gasteiger partial charge in [-0.1, -0.05) is 12.1 Å². The van der Waals surface area contributed by atoms with E-state index in [1.807, 2.05) is 37.3 Å². The number of aliphatic hydroxyl groups is 1. The third-order valence-corrected chi connectivity index (χ3v) is 5.75. The number of ether oxygens (including phenoxy) is 1. The van der Waals surface area contributed by atoms with Crippen molar-refractivity contribution in [2.75, 3.05) is 49.7 Å². The summed E-state index contributed by atoms with van der Waals surface area (Å²) in [7, 11) is 2.70. The van der Waals surface area contributed by atoms with E-state index in [1.165, 1.54) is 0 Å². The Morgan fingerprint density at radius 1 is 1.28 bits per heavy atom. The Labute approximate surface area is 189 Å². The first-order valence-corrected chi connectivity index (χ1v) is 11.3. The number of carbonyl (C=O) groups is 1. The SMILES string of the molecule is CC(Nc1cccc(P)c1)c1cc(C(=O)NCCO)cc2ncc(N3CCOCC3)nc12. The molecule has 8 nitrogen and oxygen atoms in total. The molecule has 9 heteroatoms. The molecule has 0 spiro atoms. The van der Waals surface area contributed by atoms with Crippen LogP contribution in [0.3, 0.4) is 0 Å². The zero-order valence-electron chi connectivity index (χ0n) is 18.0. The number of aliphatic hydroxyl groups excluding tert-OH is 1. The molecule has 0 bridgehead atoms. The minimum Gasteiger partial charge on any atom is -0.395 e. The van der Waals surface area contributed by atoms with Crippen molar-refractivity contribution in [3.8, 4) is 0 Å². The van der Waals surface area contributed by atoms with E-state index in [0.29, 0.717) is 24.3 Å². The topological polar surface area (TPSA) is 99.6 Å². The largest absolute Gasteiger partial charge is 0.395 e. The van der Waals surface area contributed by atoms with Gasteiger partial charge in [0, 0.05) is 36.4 Å².